The topological polar surface area (TPSA) is 75.6 Å². The average Bonchev–Trinajstić information content (AvgIpc) is 3.39. The first-order chi connectivity index (χ1) is 12.7. The van der Waals surface area contributed by atoms with Crippen molar-refractivity contribution in [3.63, 3.8) is 0 Å². The monoisotopic (exact) mass is 363 g/mol. The summed E-state index contributed by atoms with van der Waals surface area (Å²) in [7, 11) is 0. The number of nitrogens with one attached hydrogen (secondary N) is 2. The third-order valence-electron chi connectivity index (χ3n) is 4.13. The molecule has 1 amide bonds. The van der Waals surface area contributed by atoms with Gasteiger partial charge in [-0.3, -0.25) is 14.6 Å². The van der Waals surface area contributed by atoms with Gasteiger partial charge in [0.25, 0.3) is 5.91 Å². The molecule has 3 heterocycles. The third kappa shape index (κ3) is 3.29. The van der Waals surface area contributed by atoms with Crippen LogP contribution in [0.25, 0.3) is 10.6 Å². The number of rotatable bonds is 5. The van der Waals surface area contributed by atoms with Crippen LogP contribution in [0.3, 0.4) is 0 Å². The van der Waals surface area contributed by atoms with E-state index in [1.165, 1.54) is 0 Å². The predicted molar refractivity (Wildman–Crippen MR) is 102 cm³/mol. The molecule has 1 aromatic carbocycles. The summed E-state index contributed by atoms with van der Waals surface area (Å²) in [6.07, 6.45) is 3.66. The molecule has 4 aromatic rings. The van der Waals surface area contributed by atoms with Crippen LogP contribution >= 0.6 is 11.3 Å². The van der Waals surface area contributed by atoms with Crippen LogP contribution in [0.15, 0.2) is 60.2 Å². The van der Waals surface area contributed by atoms with Gasteiger partial charge in [-0.1, -0.05) is 18.2 Å². The Hall–Kier alpha value is -3.19. The van der Waals surface area contributed by atoms with Crippen LogP contribution in [0.5, 0.6) is 0 Å². The molecule has 0 atom stereocenters. The second-order valence-electron chi connectivity index (χ2n) is 5.90. The van der Waals surface area contributed by atoms with Crippen molar-refractivity contribution < 1.29 is 4.79 Å². The number of aromatic amines is 1. The number of hydrogen-bond donors (Lipinski definition) is 2. The molecule has 0 saturated carbocycles. The fraction of sp³-hybridized carbons (Fsp3) is 0.105. The standard InChI is InChI=1S/C19H17N5OS/c1-13-17(16-4-2-11-26-16)22-23-18(13)21-19(25)15-7-5-14(6-8-15)12-24-10-3-9-20-24/h2-11H,12H2,1H3,(H2,21,22,23,25). The van der Waals surface area contributed by atoms with E-state index >= 15 is 0 Å². The molecule has 0 radical (unpaired) electrons. The van der Waals surface area contributed by atoms with E-state index in [2.05, 4.69) is 20.6 Å². The third-order valence-corrected chi connectivity index (χ3v) is 5.02. The summed E-state index contributed by atoms with van der Waals surface area (Å²) in [4.78, 5) is 13.6. The lowest BCUT2D eigenvalue weighted by Gasteiger charge is -2.06. The number of benzene rings is 1. The number of carbonyl (C=O) groups is 1. The largest absolute Gasteiger partial charge is 0.305 e. The summed E-state index contributed by atoms with van der Waals surface area (Å²) >= 11 is 1.63. The molecule has 0 aliphatic rings. The Bertz CT molecular complexity index is 1000. The molecule has 7 heteroatoms. The minimum absolute atomic E-state index is 0.178. The van der Waals surface area contributed by atoms with E-state index in [9.17, 15) is 4.79 Å². The highest BCUT2D eigenvalue weighted by atomic mass is 32.1. The molecule has 0 fully saturated rings. The van der Waals surface area contributed by atoms with E-state index in [1.54, 1.807) is 17.5 Å². The van der Waals surface area contributed by atoms with Gasteiger partial charge in [-0.05, 0) is 42.1 Å². The number of carbonyl (C=O) groups excluding carboxylic acids is 1. The van der Waals surface area contributed by atoms with Crippen LogP contribution < -0.4 is 5.32 Å². The van der Waals surface area contributed by atoms with Crippen molar-refractivity contribution in [3.05, 3.63) is 76.9 Å². The summed E-state index contributed by atoms with van der Waals surface area (Å²) in [6, 6.07) is 13.4. The minimum Gasteiger partial charge on any atom is -0.305 e. The normalized spacial score (nSPS) is 10.8. The van der Waals surface area contributed by atoms with Crippen molar-refractivity contribution in [2.75, 3.05) is 5.32 Å². The van der Waals surface area contributed by atoms with E-state index in [-0.39, 0.29) is 5.91 Å². The maximum absolute atomic E-state index is 12.5. The molecule has 0 bridgehead atoms. The summed E-state index contributed by atoms with van der Waals surface area (Å²) < 4.78 is 1.84. The van der Waals surface area contributed by atoms with Gasteiger partial charge in [0.1, 0.15) is 0 Å². The van der Waals surface area contributed by atoms with Gasteiger partial charge in [-0.2, -0.15) is 10.2 Å². The maximum atomic E-state index is 12.5. The fourth-order valence-corrected chi connectivity index (χ4v) is 3.48. The summed E-state index contributed by atoms with van der Waals surface area (Å²) in [5, 5.41) is 16.3. The molecule has 0 saturated heterocycles. The van der Waals surface area contributed by atoms with Gasteiger partial charge >= 0.3 is 0 Å². The lowest BCUT2D eigenvalue weighted by molar-refractivity contribution is 0.102. The molecule has 2 N–H and O–H groups in total. The molecule has 6 nitrogen and oxygen atoms in total. The molecule has 0 aliphatic carbocycles. The number of hydrogen-bond acceptors (Lipinski definition) is 4. The van der Waals surface area contributed by atoms with E-state index in [1.807, 2.05) is 65.6 Å². The quantitative estimate of drug-likeness (QED) is 0.564. The van der Waals surface area contributed by atoms with Gasteiger partial charge in [0.15, 0.2) is 5.82 Å². The molecular weight excluding hydrogens is 346 g/mol. The SMILES string of the molecule is Cc1c(NC(=O)c2ccc(Cn3cccn3)cc2)n[nH]c1-c1cccs1. The molecule has 4 rings (SSSR count). The zero-order valence-corrected chi connectivity index (χ0v) is 15.0. The van der Waals surface area contributed by atoms with Crippen LogP contribution in [0, 0.1) is 6.92 Å². The van der Waals surface area contributed by atoms with Crippen molar-refractivity contribution in [2.24, 2.45) is 0 Å². The lowest BCUT2D eigenvalue weighted by Crippen LogP contribution is -2.13. The molecule has 0 spiro atoms. The van der Waals surface area contributed by atoms with E-state index in [0.717, 1.165) is 21.7 Å². The number of H-pyrrole nitrogens is 1. The summed E-state index contributed by atoms with van der Waals surface area (Å²) in [5.41, 5.74) is 3.54. The highest BCUT2D eigenvalue weighted by Gasteiger charge is 2.14. The van der Waals surface area contributed by atoms with Crippen molar-refractivity contribution >= 4 is 23.1 Å². The van der Waals surface area contributed by atoms with Gasteiger partial charge < -0.3 is 5.32 Å². The smallest absolute Gasteiger partial charge is 0.256 e. The first kappa shape index (κ1) is 16.3. The Kier molecular flexibility index (Phi) is 4.37. The maximum Gasteiger partial charge on any atom is 0.256 e. The van der Waals surface area contributed by atoms with Crippen molar-refractivity contribution in [2.45, 2.75) is 13.5 Å². The fourth-order valence-electron chi connectivity index (χ4n) is 2.70. The number of anilines is 1. The Balaban J connectivity index is 1.47. The first-order valence-electron chi connectivity index (χ1n) is 8.17. The number of amides is 1. The Morgan fingerprint density at radius 3 is 2.77 bits per heavy atom. The van der Waals surface area contributed by atoms with Gasteiger partial charge in [-0.25, -0.2) is 0 Å². The molecule has 26 heavy (non-hydrogen) atoms. The molecular formula is C19H17N5OS. The van der Waals surface area contributed by atoms with Crippen LogP contribution in [-0.4, -0.2) is 25.9 Å². The predicted octanol–water partition coefficient (Wildman–Crippen LogP) is 3.94. The summed E-state index contributed by atoms with van der Waals surface area (Å²) in [5.74, 6) is 0.377. The van der Waals surface area contributed by atoms with Gasteiger partial charge in [0.2, 0.25) is 0 Å². The van der Waals surface area contributed by atoms with Crippen LogP contribution in [0.4, 0.5) is 5.82 Å². The highest BCUT2D eigenvalue weighted by Crippen LogP contribution is 2.29. The van der Waals surface area contributed by atoms with Crippen molar-refractivity contribution in [3.8, 4) is 10.6 Å². The van der Waals surface area contributed by atoms with Crippen LogP contribution in [0.1, 0.15) is 21.5 Å². The van der Waals surface area contributed by atoms with Crippen molar-refractivity contribution in [1.82, 2.24) is 20.0 Å². The number of thiophene rings is 1. The lowest BCUT2D eigenvalue weighted by atomic mass is 10.1. The Morgan fingerprint density at radius 1 is 1.23 bits per heavy atom. The second-order valence-corrected chi connectivity index (χ2v) is 6.85. The summed E-state index contributed by atoms with van der Waals surface area (Å²) in [6.45, 7) is 2.62. The Labute approximate surface area is 154 Å². The number of aromatic nitrogens is 4. The number of nitrogens with zero attached hydrogens (tertiary/aromatic N) is 3. The Morgan fingerprint density at radius 2 is 2.08 bits per heavy atom. The molecule has 3 aromatic heterocycles. The van der Waals surface area contributed by atoms with E-state index in [4.69, 9.17) is 0 Å². The van der Waals surface area contributed by atoms with E-state index in [0.29, 0.717) is 17.9 Å². The van der Waals surface area contributed by atoms with Crippen molar-refractivity contribution in [1.29, 1.82) is 0 Å². The zero-order valence-electron chi connectivity index (χ0n) is 14.1. The van der Waals surface area contributed by atoms with Crippen LogP contribution in [-0.2, 0) is 6.54 Å². The minimum atomic E-state index is -0.178. The second kappa shape index (κ2) is 6.97. The molecule has 0 aliphatic heterocycles. The van der Waals surface area contributed by atoms with Gasteiger partial charge in [0.05, 0.1) is 17.1 Å². The highest BCUT2D eigenvalue weighted by molar-refractivity contribution is 7.13. The van der Waals surface area contributed by atoms with Gasteiger partial charge in [-0.15, -0.1) is 11.3 Å². The van der Waals surface area contributed by atoms with Crippen LogP contribution in [0.2, 0.25) is 0 Å². The molecule has 130 valence electrons. The molecule has 0 unspecified atom stereocenters. The zero-order chi connectivity index (χ0) is 17.9. The average molecular weight is 363 g/mol. The van der Waals surface area contributed by atoms with Gasteiger partial charge in [0, 0.05) is 23.5 Å². The first-order valence-corrected chi connectivity index (χ1v) is 9.05. The van der Waals surface area contributed by atoms with E-state index < -0.39 is 0 Å².